The fraction of sp³-hybridized carbons (Fsp3) is 0.893. The molecule has 0 atom stereocenters. The summed E-state index contributed by atoms with van der Waals surface area (Å²) in [4.78, 5) is 0. The summed E-state index contributed by atoms with van der Waals surface area (Å²) in [5.41, 5.74) is 0. The molecule has 30 heavy (non-hydrogen) atoms. The van der Waals surface area contributed by atoms with Crippen LogP contribution in [-0.4, -0.2) is 4.57 Å². The number of imidazole rings is 1. The third kappa shape index (κ3) is 14.3. The Balaban J connectivity index is 2.01. The summed E-state index contributed by atoms with van der Waals surface area (Å²) >= 11 is 0. The van der Waals surface area contributed by atoms with E-state index in [0.717, 1.165) is 0 Å². The van der Waals surface area contributed by atoms with E-state index in [9.17, 15) is 0 Å². The van der Waals surface area contributed by atoms with Crippen LogP contribution in [0.15, 0.2) is 12.4 Å². The van der Waals surface area contributed by atoms with E-state index in [1.165, 1.54) is 147 Å². The van der Waals surface area contributed by atoms with Gasteiger partial charge in [-0.2, -0.15) is 0 Å². The molecule has 2 nitrogen and oxygen atoms in total. The van der Waals surface area contributed by atoms with Crippen LogP contribution in [0.4, 0.5) is 0 Å². The van der Waals surface area contributed by atoms with Crippen molar-refractivity contribution in [2.45, 2.75) is 155 Å². The van der Waals surface area contributed by atoms with Gasteiger partial charge in [0.15, 0.2) is 0 Å². The van der Waals surface area contributed by atoms with E-state index in [0.29, 0.717) is 0 Å². The van der Waals surface area contributed by atoms with Crippen molar-refractivity contribution >= 4 is 0 Å². The number of nitrogens with zero attached hydrogens (tertiary/aromatic N) is 2. The lowest BCUT2D eigenvalue weighted by molar-refractivity contribution is -0.704. The third-order valence-electron chi connectivity index (χ3n) is 6.72. The second-order valence-corrected chi connectivity index (χ2v) is 9.63. The van der Waals surface area contributed by atoms with Gasteiger partial charge in [-0.25, -0.2) is 9.13 Å². The first-order valence-electron chi connectivity index (χ1n) is 13.8. The fourth-order valence-electron chi connectivity index (χ4n) is 4.62. The van der Waals surface area contributed by atoms with Gasteiger partial charge in [0.2, 0.25) is 0 Å². The van der Waals surface area contributed by atoms with Gasteiger partial charge in [0.25, 0.3) is 5.82 Å². The highest BCUT2D eigenvalue weighted by atomic mass is 15.1. The highest BCUT2D eigenvalue weighted by Gasteiger charge is 2.13. The molecule has 2 heteroatoms. The zero-order chi connectivity index (χ0) is 21.7. The molecule has 1 aromatic rings. The predicted molar refractivity (Wildman–Crippen MR) is 133 cm³/mol. The maximum absolute atomic E-state index is 2.53. The van der Waals surface area contributed by atoms with Gasteiger partial charge in [-0.15, -0.1) is 0 Å². The SMILES string of the molecule is CCCCCCCCCCCCCC[n+]1ccn(C)c1CCCCCCCCCC. The smallest absolute Gasteiger partial charge is 0.237 e. The molecule has 0 spiro atoms. The summed E-state index contributed by atoms with van der Waals surface area (Å²) in [7, 11) is 2.22. The van der Waals surface area contributed by atoms with Crippen LogP contribution >= 0.6 is 0 Å². The highest BCUT2D eigenvalue weighted by molar-refractivity contribution is 4.82. The standard InChI is InChI=1S/C28H55N2/c1-4-6-8-10-12-14-15-16-17-19-21-23-25-30-27-26-29(3)28(30)24-22-20-18-13-11-9-7-5-2/h26-27H,4-25H2,1-3H3/q+1. The van der Waals surface area contributed by atoms with E-state index in [4.69, 9.17) is 0 Å². The Morgan fingerprint density at radius 2 is 0.967 bits per heavy atom. The van der Waals surface area contributed by atoms with Gasteiger partial charge < -0.3 is 0 Å². The highest BCUT2D eigenvalue weighted by Crippen LogP contribution is 2.13. The topological polar surface area (TPSA) is 8.81 Å². The normalized spacial score (nSPS) is 11.4. The Morgan fingerprint density at radius 1 is 0.567 bits per heavy atom. The Labute approximate surface area is 189 Å². The number of aromatic nitrogens is 2. The van der Waals surface area contributed by atoms with E-state index >= 15 is 0 Å². The summed E-state index contributed by atoms with van der Waals surface area (Å²) in [5.74, 6) is 1.53. The molecule has 0 amide bonds. The molecule has 1 heterocycles. The molecule has 0 saturated carbocycles. The van der Waals surface area contributed by atoms with Crippen molar-refractivity contribution in [2.24, 2.45) is 7.05 Å². The molecule has 0 N–H and O–H groups in total. The minimum Gasteiger partial charge on any atom is -0.237 e. The van der Waals surface area contributed by atoms with Crippen LogP contribution < -0.4 is 4.57 Å². The lowest BCUT2D eigenvalue weighted by atomic mass is 10.1. The predicted octanol–water partition coefficient (Wildman–Crippen LogP) is 8.70. The van der Waals surface area contributed by atoms with Crippen molar-refractivity contribution in [3.05, 3.63) is 18.2 Å². The van der Waals surface area contributed by atoms with Crippen LogP contribution in [0.2, 0.25) is 0 Å². The van der Waals surface area contributed by atoms with Crippen molar-refractivity contribution in [1.29, 1.82) is 0 Å². The first-order valence-corrected chi connectivity index (χ1v) is 13.8. The van der Waals surface area contributed by atoms with Gasteiger partial charge >= 0.3 is 0 Å². The molecule has 0 saturated heterocycles. The molecule has 0 unspecified atom stereocenters. The van der Waals surface area contributed by atoms with Crippen LogP contribution in [0.25, 0.3) is 0 Å². The maximum Gasteiger partial charge on any atom is 0.256 e. The van der Waals surface area contributed by atoms with Crippen molar-refractivity contribution < 1.29 is 4.57 Å². The van der Waals surface area contributed by atoms with Gasteiger partial charge in [0.05, 0.1) is 13.6 Å². The molecule has 1 rings (SSSR count). The largest absolute Gasteiger partial charge is 0.256 e. The first kappa shape index (κ1) is 27.2. The average Bonchev–Trinajstić information content (AvgIpc) is 3.10. The van der Waals surface area contributed by atoms with Gasteiger partial charge in [0.1, 0.15) is 12.4 Å². The number of aryl methyl sites for hydroxylation is 2. The molecule has 0 aliphatic rings. The number of rotatable bonds is 22. The van der Waals surface area contributed by atoms with E-state index in [1.54, 1.807) is 0 Å². The van der Waals surface area contributed by atoms with Crippen LogP contribution in [0.5, 0.6) is 0 Å². The molecule has 0 fully saturated rings. The van der Waals surface area contributed by atoms with Crippen molar-refractivity contribution in [2.75, 3.05) is 0 Å². The van der Waals surface area contributed by atoms with Crippen LogP contribution in [0.1, 0.15) is 148 Å². The minimum atomic E-state index is 1.21. The molecule has 0 aromatic carbocycles. The van der Waals surface area contributed by atoms with Gasteiger partial charge in [-0.3, -0.25) is 0 Å². The zero-order valence-corrected chi connectivity index (χ0v) is 21.1. The summed E-state index contributed by atoms with van der Waals surface area (Å²) < 4.78 is 4.87. The van der Waals surface area contributed by atoms with Gasteiger partial charge in [0, 0.05) is 6.42 Å². The lowest BCUT2D eigenvalue weighted by Gasteiger charge is -2.05. The molecular weight excluding hydrogens is 364 g/mol. The van der Waals surface area contributed by atoms with Crippen LogP contribution in [0, 0.1) is 0 Å². The average molecular weight is 420 g/mol. The minimum absolute atomic E-state index is 1.21. The molecular formula is C28H55N2+. The van der Waals surface area contributed by atoms with Crippen molar-refractivity contribution in [3.63, 3.8) is 0 Å². The zero-order valence-electron chi connectivity index (χ0n) is 21.1. The monoisotopic (exact) mass is 419 g/mol. The fourth-order valence-corrected chi connectivity index (χ4v) is 4.62. The van der Waals surface area contributed by atoms with Crippen molar-refractivity contribution in [1.82, 2.24) is 4.57 Å². The van der Waals surface area contributed by atoms with E-state index in [-0.39, 0.29) is 0 Å². The van der Waals surface area contributed by atoms with E-state index < -0.39 is 0 Å². The summed E-state index contributed by atoms with van der Waals surface area (Å²) in [6.45, 7) is 5.81. The van der Waals surface area contributed by atoms with Crippen LogP contribution in [-0.2, 0) is 20.0 Å². The van der Waals surface area contributed by atoms with E-state index in [2.05, 4.69) is 42.4 Å². The van der Waals surface area contributed by atoms with Gasteiger partial charge in [-0.05, 0) is 19.3 Å². The number of hydrogen-bond donors (Lipinski definition) is 0. The number of hydrogen-bond acceptors (Lipinski definition) is 0. The third-order valence-corrected chi connectivity index (χ3v) is 6.72. The Hall–Kier alpha value is -0.790. The molecule has 0 aliphatic carbocycles. The molecule has 0 radical (unpaired) electrons. The Morgan fingerprint density at radius 3 is 1.43 bits per heavy atom. The quantitative estimate of drug-likeness (QED) is 0.131. The van der Waals surface area contributed by atoms with Crippen molar-refractivity contribution in [3.8, 4) is 0 Å². The summed E-state index contributed by atoms with van der Waals surface area (Å²) in [6, 6.07) is 0. The Bertz CT molecular complexity index is 477. The van der Waals surface area contributed by atoms with Crippen LogP contribution in [0.3, 0.4) is 0 Å². The molecule has 0 aliphatic heterocycles. The van der Waals surface area contributed by atoms with E-state index in [1.807, 2.05) is 0 Å². The molecule has 0 bridgehead atoms. The maximum atomic E-state index is 2.53. The second-order valence-electron chi connectivity index (χ2n) is 9.63. The molecule has 176 valence electrons. The first-order chi connectivity index (χ1) is 14.8. The summed E-state index contributed by atoms with van der Waals surface area (Å²) in [5, 5.41) is 0. The molecule has 1 aromatic heterocycles. The second kappa shape index (κ2) is 20.1. The summed E-state index contributed by atoms with van der Waals surface area (Å²) in [6.07, 6.45) is 34.2. The Kier molecular flexibility index (Phi) is 18.3. The van der Waals surface area contributed by atoms with Gasteiger partial charge in [-0.1, -0.05) is 123 Å². The number of unbranched alkanes of at least 4 members (excludes halogenated alkanes) is 18. The lowest BCUT2D eigenvalue weighted by Crippen LogP contribution is -2.37.